The molecule has 0 aliphatic heterocycles. The molecule has 1 atom stereocenters. The van der Waals surface area contributed by atoms with Gasteiger partial charge in [0, 0.05) is 6.04 Å². The standard InChI is InChI=1S/C19H30FN/c1-4-10-21-19(16-8-6-15(5-2)7-9-16)17-11-14(3)12-18(20)13-17/h11-13,15-16,19,21H,4-10H2,1-3H3. The van der Waals surface area contributed by atoms with Crippen LogP contribution in [0.3, 0.4) is 0 Å². The smallest absolute Gasteiger partial charge is 0.123 e. The van der Waals surface area contributed by atoms with Crippen molar-refractivity contribution in [3.8, 4) is 0 Å². The van der Waals surface area contributed by atoms with Gasteiger partial charge in [0.2, 0.25) is 0 Å². The van der Waals surface area contributed by atoms with E-state index in [2.05, 4.69) is 25.2 Å². The van der Waals surface area contributed by atoms with E-state index in [9.17, 15) is 4.39 Å². The molecule has 0 bridgehead atoms. The number of rotatable bonds is 6. The lowest BCUT2D eigenvalue weighted by molar-refractivity contribution is 0.218. The molecule has 0 aromatic heterocycles. The molecule has 1 fully saturated rings. The average molecular weight is 291 g/mol. The Balaban J connectivity index is 2.14. The fraction of sp³-hybridized carbons (Fsp3) is 0.684. The van der Waals surface area contributed by atoms with Crippen molar-refractivity contribution in [1.29, 1.82) is 0 Å². The van der Waals surface area contributed by atoms with Crippen molar-refractivity contribution in [1.82, 2.24) is 5.32 Å². The van der Waals surface area contributed by atoms with Crippen LogP contribution in [0.2, 0.25) is 0 Å². The van der Waals surface area contributed by atoms with Crippen LogP contribution in [0.1, 0.15) is 69.5 Å². The molecule has 1 aromatic carbocycles. The molecule has 0 radical (unpaired) electrons. The van der Waals surface area contributed by atoms with Crippen molar-refractivity contribution in [3.63, 3.8) is 0 Å². The van der Waals surface area contributed by atoms with Gasteiger partial charge in [0.15, 0.2) is 0 Å². The van der Waals surface area contributed by atoms with E-state index >= 15 is 0 Å². The van der Waals surface area contributed by atoms with Gasteiger partial charge in [0.05, 0.1) is 0 Å². The van der Waals surface area contributed by atoms with Gasteiger partial charge in [-0.15, -0.1) is 0 Å². The average Bonchev–Trinajstić information content (AvgIpc) is 2.47. The molecule has 1 N–H and O–H groups in total. The Morgan fingerprint density at radius 1 is 1.14 bits per heavy atom. The van der Waals surface area contributed by atoms with Crippen molar-refractivity contribution in [2.75, 3.05) is 6.54 Å². The highest BCUT2D eigenvalue weighted by Crippen LogP contribution is 2.38. The normalized spacial score (nSPS) is 24.0. The lowest BCUT2D eigenvalue weighted by atomic mass is 9.76. The summed E-state index contributed by atoms with van der Waals surface area (Å²) in [4.78, 5) is 0. The molecule has 1 aromatic rings. The first-order valence-electron chi connectivity index (χ1n) is 8.64. The van der Waals surface area contributed by atoms with Gasteiger partial charge in [-0.3, -0.25) is 0 Å². The van der Waals surface area contributed by atoms with Gasteiger partial charge in [-0.05, 0) is 67.8 Å². The Morgan fingerprint density at radius 3 is 2.43 bits per heavy atom. The minimum atomic E-state index is -0.101. The second kappa shape index (κ2) is 7.93. The molecule has 0 spiro atoms. The summed E-state index contributed by atoms with van der Waals surface area (Å²) < 4.78 is 13.8. The summed E-state index contributed by atoms with van der Waals surface area (Å²) in [7, 11) is 0. The molecule has 0 amide bonds. The molecule has 1 unspecified atom stereocenters. The Kier molecular flexibility index (Phi) is 6.22. The number of nitrogens with one attached hydrogen (secondary N) is 1. The summed E-state index contributed by atoms with van der Waals surface area (Å²) in [6.07, 6.45) is 7.64. The van der Waals surface area contributed by atoms with E-state index in [-0.39, 0.29) is 5.82 Å². The van der Waals surface area contributed by atoms with E-state index in [1.807, 2.05) is 6.92 Å². The van der Waals surface area contributed by atoms with Crippen LogP contribution in [-0.4, -0.2) is 6.54 Å². The Morgan fingerprint density at radius 2 is 1.86 bits per heavy atom. The van der Waals surface area contributed by atoms with Crippen molar-refractivity contribution in [2.45, 2.75) is 65.3 Å². The molecule has 2 rings (SSSR count). The lowest BCUT2D eigenvalue weighted by Crippen LogP contribution is -2.31. The van der Waals surface area contributed by atoms with Gasteiger partial charge in [-0.2, -0.15) is 0 Å². The Labute approximate surface area is 129 Å². The van der Waals surface area contributed by atoms with E-state index in [1.165, 1.54) is 32.1 Å². The summed E-state index contributed by atoms with van der Waals surface area (Å²) in [6, 6.07) is 5.82. The topological polar surface area (TPSA) is 12.0 Å². The first kappa shape index (κ1) is 16.5. The van der Waals surface area contributed by atoms with Crippen molar-refractivity contribution >= 4 is 0 Å². The van der Waals surface area contributed by atoms with Crippen molar-refractivity contribution in [2.24, 2.45) is 11.8 Å². The van der Waals surface area contributed by atoms with Crippen LogP contribution in [0, 0.1) is 24.6 Å². The van der Waals surface area contributed by atoms with E-state index in [4.69, 9.17) is 0 Å². The minimum absolute atomic E-state index is 0.101. The van der Waals surface area contributed by atoms with Crippen molar-refractivity contribution < 1.29 is 4.39 Å². The van der Waals surface area contributed by atoms with E-state index in [0.717, 1.165) is 30.0 Å². The lowest BCUT2D eigenvalue weighted by Gasteiger charge is -2.34. The molecule has 1 aliphatic rings. The Bertz CT molecular complexity index is 415. The number of hydrogen-bond donors (Lipinski definition) is 1. The van der Waals surface area contributed by atoms with Gasteiger partial charge >= 0.3 is 0 Å². The summed E-state index contributed by atoms with van der Waals surface area (Å²) in [5, 5.41) is 3.68. The summed E-state index contributed by atoms with van der Waals surface area (Å²) in [5.41, 5.74) is 2.16. The Hall–Kier alpha value is -0.890. The van der Waals surface area contributed by atoms with Crippen LogP contribution in [0.15, 0.2) is 18.2 Å². The molecule has 2 heteroatoms. The molecule has 1 saturated carbocycles. The van der Waals surface area contributed by atoms with Gasteiger partial charge in [0.1, 0.15) is 5.82 Å². The first-order chi connectivity index (χ1) is 10.1. The number of halogens is 1. The quantitative estimate of drug-likeness (QED) is 0.741. The summed E-state index contributed by atoms with van der Waals surface area (Å²) >= 11 is 0. The minimum Gasteiger partial charge on any atom is -0.310 e. The number of aryl methyl sites for hydroxylation is 1. The molecule has 118 valence electrons. The number of hydrogen-bond acceptors (Lipinski definition) is 1. The van der Waals surface area contributed by atoms with Crippen LogP contribution >= 0.6 is 0 Å². The van der Waals surface area contributed by atoms with Gasteiger partial charge in [0.25, 0.3) is 0 Å². The van der Waals surface area contributed by atoms with Gasteiger partial charge in [-0.25, -0.2) is 4.39 Å². The highest BCUT2D eigenvalue weighted by molar-refractivity contribution is 5.27. The van der Waals surface area contributed by atoms with E-state index in [0.29, 0.717) is 12.0 Å². The monoisotopic (exact) mass is 291 g/mol. The third-order valence-electron chi connectivity index (χ3n) is 4.98. The van der Waals surface area contributed by atoms with Crippen LogP contribution < -0.4 is 5.32 Å². The third kappa shape index (κ3) is 4.54. The zero-order valence-corrected chi connectivity index (χ0v) is 13.8. The first-order valence-corrected chi connectivity index (χ1v) is 8.64. The second-order valence-electron chi connectivity index (χ2n) is 6.68. The predicted octanol–water partition coefficient (Wildman–Crippen LogP) is 5.39. The summed E-state index contributed by atoms with van der Waals surface area (Å²) in [5.74, 6) is 1.46. The zero-order valence-electron chi connectivity index (χ0n) is 13.8. The predicted molar refractivity (Wildman–Crippen MR) is 87.9 cm³/mol. The SMILES string of the molecule is CCCNC(c1cc(C)cc(F)c1)C1CCC(CC)CC1. The van der Waals surface area contributed by atoms with Gasteiger partial charge in [-0.1, -0.05) is 39.2 Å². The van der Waals surface area contributed by atoms with Crippen molar-refractivity contribution in [3.05, 3.63) is 35.1 Å². The maximum atomic E-state index is 13.8. The van der Waals surface area contributed by atoms with Crippen LogP contribution in [0.5, 0.6) is 0 Å². The fourth-order valence-corrected chi connectivity index (χ4v) is 3.73. The van der Waals surface area contributed by atoms with Crippen LogP contribution in [0.4, 0.5) is 4.39 Å². The second-order valence-corrected chi connectivity index (χ2v) is 6.68. The van der Waals surface area contributed by atoms with E-state index < -0.39 is 0 Å². The molecular weight excluding hydrogens is 261 g/mol. The molecular formula is C19H30FN. The molecule has 1 aliphatic carbocycles. The third-order valence-corrected chi connectivity index (χ3v) is 4.98. The largest absolute Gasteiger partial charge is 0.310 e. The number of benzene rings is 1. The fourth-order valence-electron chi connectivity index (χ4n) is 3.73. The highest BCUT2D eigenvalue weighted by atomic mass is 19.1. The van der Waals surface area contributed by atoms with Crippen LogP contribution in [-0.2, 0) is 0 Å². The van der Waals surface area contributed by atoms with Gasteiger partial charge < -0.3 is 5.32 Å². The molecule has 1 nitrogen and oxygen atoms in total. The maximum Gasteiger partial charge on any atom is 0.123 e. The maximum absolute atomic E-state index is 13.8. The highest BCUT2D eigenvalue weighted by Gasteiger charge is 2.28. The molecule has 0 heterocycles. The summed E-state index contributed by atoms with van der Waals surface area (Å²) in [6.45, 7) is 7.48. The molecule has 21 heavy (non-hydrogen) atoms. The van der Waals surface area contributed by atoms with E-state index in [1.54, 1.807) is 12.1 Å². The zero-order chi connectivity index (χ0) is 15.2. The van der Waals surface area contributed by atoms with Crippen LogP contribution in [0.25, 0.3) is 0 Å². The molecule has 0 saturated heterocycles.